The van der Waals surface area contributed by atoms with E-state index < -0.39 is 6.10 Å². The molecule has 2 atom stereocenters. The molecule has 0 aliphatic rings. The number of nitrogens with two attached hydrogens (primary N) is 1. The van der Waals surface area contributed by atoms with E-state index in [0.717, 1.165) is 5.56 Å². The van der Waals surface area contributed by atoms with Gasteiger partial charge in [0.1, 0.15) is 5.82 Å². The molecule has 3 N–H and O–H groups in total. The number of benzene rings is 1. The van der Waals surface area contributed by atoms with E-state index in [-0.39, 0.29) is 17.7 Å². The zero-order valence-electron chi connectivity index (χ0n) is 9.15. The fourth-order valence-electron chi connectivity index (χ4n) is 1.67. The van der Waals surface area contributed by atoms with Crippen molar-refractivity contribution in [2.75, 3.05) is 6.54 Å². The molecule has 0 aromatic heterocycles. The Bertz CT molecular complexity index is 314. The number of halogens is 1. The molecule has 0 fully saturated rings. The van der Waals surface area contributed by atoms with Gasteiger partial charge in [-0.25, -0.2) is 4.39 Å². The molecular weight excluding hydrogens is 193 g/mol. The van der Waals surface area contributed by atoms with Gasteiger partial charge in [-0.1, -0.05) is 26.0 Å². The van der Waals surface area contributed by atoms with E-state index in [0.29, 0.717) is 6.54 Å². The van der Waals surface area contributed by atoms with Gasteiger partial charge in [0.2, 0.25) is 0 Å². The Morgan fingerprint density at radius 1 is 1.40 bits per heavy atom. The maximum atomic E-state index is 13.0. The van der Waals surface area contributed by atoms with Crippen LogP contribution in [0.1, 0.15) is 25.3 Å². The van der Waals surface area contributed by atoms with Gasteiger partial charge < -0.3 is 10.8 Å². The summed E-state index contributed by atoms with van der Waals surface area (Å²) in [6, 6.07) is 6.26. The van der Waals surface area contributed by atoms with Gasteiger partial charge in [-0.05, 0) is 23.6 Å². The van der Waals surface area contributed by atoms with Crippen molar-refractivity contribution in [1.82, 2.24) is 0 Å². The molecule has 2 nitrogen and oxygen atoms in total. The summed E-state index contributed by atoms with van der Waals surface area (Å²) in [4.78, 5) is 0. The van der Waals surface area contributed by atoms with Gasteiger partial charge in [0, 0.05) is 12.5 Å². The Kier molecular flexibility index (Phi) is 4.24. The van der Waals surface area contributed by atoms with Crippen LogP contribution in [0.4, 0.5) is 4.39 Å². The minimum atomic E-state index is -0.531. The van der Waals surface area contributed by atoms with Crippen LogP contribution < -0.4 is 5.73 Å². The van der Waals surface area contributed by atoms with Crippen molar-refractivity contribution in [3.63, 3.8) is 0 Å². The maximum absolute atomic E-state index is 13.0. The summed E-state index contributed by atoms with van der Waals surface area (Å²) in [6.07, 6.45) is -0.531. The van der Waals surface area contributed by atoms with E-state index in [1.165, 1.54) is 12.1 Å². The minimum Gasteiger partial charge on any atom is -0.392 e. The summed E-state index contributed by atoms with van der Waals surface area (Å²) in [5, 5.41) is 9.93. The van der Waals surface area contributed by atoms with Crippen LogP contribution in [0.25, 0.3) is 0 Å². The van der Waals surface area contributed by atoms with Crippen molar-refractivity contribution in [2.24, 2.45) is 11.7 Å². The molecule has 0 aliphatic carbocycles. The monoisotopic (exact) mass is 211 g/mol. The fourth-order valence-corrected chi connectivity index (χ4v) is 1.67. The van der Waals surface area contributed by atoms with E-state index in [2.05, 4.69) is 0 Å². The second-order valence-electron chi connectivity index (χ2n) is 4.13. The Hall–Kier alpha value is -0.930. The van der Waals surface area contributed by atoms with Gasteiger partial charge in [-0.15, -0.1) is 0 Å². The van der Waals surface area contributed by atoms with E-state index >= 15 is 0 Å². The lowest BCUT2D eigenvalue weighted by Gasteiger charge is -2.24. The molecule has 84 valence electrons. The van der Waals surface area contributed by atoms with Crippen molar-refractivity contribution in [3.8, 4) is 0 Å². The SMILES string of the molecule is CC(C)C(O)C(CN)c1cccc(F)c1. The maximum Gasteiger partial charge on any atom is 0.123 e. The number of aliphatic hydroxyl groups excluding tert-OH is 1. The Morgan fingerprint density at radius 2 is 2.07 bits per heavy atom. The molecular formula is C12H18FNO. The third-order valence-corrected chi connectivity index (χ3v) is 2.63. The van der Waals surface area contributed by atoms with Crippen molar-refractivity contribution < 1.29 is 9.50 Å². The summed E-state index contributed by atoms with van der Waals surface area (Å²) in [5.74, 6) is -0.371. The molecule has 1 aromatic rings. The van der Waals surface area contributed by atoms with E-state index in [1.54, 1.807) is 12.1 Å². The highest BCUT2D eigenvalue weighted by atomic mass is 19.1. The standard InChI is InChI=1S/C12H18FNO/c1-8(2)12(15)11(7-14)9-4-3-5-10(13)6-9/h3-6,8,11-12,15H,7,14H2,1-2H3. The zero-order valence-corrected chi connectivity index (χ0v) is 9.15. The quantitative estimate of drug-likeness (QED) is 0.798. The summed E-state index contributed by atoms with van der Waals surface area (Å²) in [6.45, 7) is 4.17. The lowest BCUT2D eigenvalue weighted by atomic mass is 9.87. The van der Waals surface area contributed by atoms with Crippen LogP contribution in [0, 0.1) is 11.7 Å². The number of hydrogen-bond acceptors (Lipinski definition) is 2. The molecule has 0 bridgehead atoms. The molecule has 3 heteroatoms. The first kappa shape index (κ1) is 12.1. The first-order chi connectivity index (χ1) is 7.06. The van der Waals surface area contributed by atoms with Crippen molar-refractivity contribution >= 4 is 0 Å². The Labute approximate surface area is 89.9 Å². The molecule has 1 rings (SSSR count). The van der Waals surface area contributed by atoms with E-state index in [1.807, 2.05) is 13.8 Å². The highest BCUT2D eigenvalue weighted by Crippen LogP contribution is 2.23. The third-order valence-electron chi connectivity index (χ3n) is 2.63. The van der Waals surface area contributed by atoms with E-state index in [9.17, 15) is 9.50 Å². The normalized spacial score (nSPS) is 15.3. The van der Waals surface area contributed by atoms with Crippen LogP contribution in [-0.2, 0) is 0 Å². The highest BCUT2D eigenvalue weighted by molar-refractivity contribution is 5.22. The summed E-state index contributed by atoms with van der Waals surface area (Å²) in [7, 11) is 0. The first-order valence-electron chi connectivity index (χ1n) is 5.20. The smallest absolute Gasteiger partial charge is 0.123 e. The second kappa shape index (κ2) is 5.24. The second-order valence-corrected chi connectivity index (χ2v) is 4.13. The largest absolute Gasteiger partial charge is 0.392 e. The molecule has 2 unspecified atom stereocenters. The van der Waals surface area contributed by atoms with Crippen LogP contribution in [0.15, 0.2) is 24.3 Å². The lowest BCUT2D eigenvalue weighted by molar-refractivity contribution is 0.0984. The van der Waals surface area contributed by atoms with Crippen LogP contribution >= 0.6 is 0 Å². The molecule has 0 heterocycles. The lowest BCUT2D eigenvalue weighted by Crippen LogP contribution is -2.30. The van der Waals surface area contributed by atoms with Gasteiger partial charge in [-0.2, -0.15) is 0 Å². The van der Waals surface area contributed by atoms with Crippen LogP contribution in [0.5, 0.6) is 0 Å². The van der Waals surface area contributed by atoms with Gasteiger partial charge in [0.15, 0.2) is 0 Å². The first-order valence-corrected chi connectivity index (χ1v) is 5.20. The molecule has 0 saturated carbocycles. The fraction of sp³-hybridized carbons (Fsp3) is 0.500. The predicted molar refractivity (Wildman–Crippen MR) is 59.0 cm³/mol. The van der Waals surface area contributed by atoms with Gasteiger partial charge in [0.25, 0.3) is 0 Å². The Balaban J connectivity index is 2.92. The average Bonchev–Trinajstić information content (AvgIpc) is 2.18. The molecule has 0 aliphatic heterocycles. The van der Waals surface area contributed by atoms with Crippen LogP contribution in [-0.4, -0.2) is 17.8 Å². The topological polar surface area (TPSA) is 46.2 Å². The van der Waals surface area contributed by atoms with Gasteiger partial charge in [-0.3, -0.25) is 0 Å². The predicted octanol–water partition coefficient (Wildman–Crippen LogP) is 1.88. The Morgan fingerprint density at radius 3 is 2.53 bits per heavy atom. The minimum absolute atomic E-state index is 0.113. The summed E-state index contributed by atoms with van der Waals surface area (Å²) >= 11 is 0. The molecule has 0 radical (unpaired) electrons. The highest BCUT2D eigenvalue weighted by Gasteiger charge is 2.22. The van der Waals surface area contributed by atoms with Gasteiger partial charge >= 0.3 is 0 Å². The average molecular weight is 211 g/mol. The van der Waals surface area contributed by atoms with Crippen molar-refractivity contribution in [2.45, 2.75) is 25.9 Å². The van der Waals surface area contributed by atoms with Crippen molar-refractivity contribution in [3.05, 3.63) is 35.6 Å². The van der Waals surface area contributed by atoms with Gasteiger partial charge in [0.05, 0.1) is 6.10 Å². The van der Waals surface area contributed by atoms with Crippen LogP contribution in [0.3, 0.4) is 0 Å². The van der Waals surface area contributed by atoms with Crippen molar-refractivity contribution in [1.29, 1.82) is 0 Å². The van der Waals surface area contributed by atoms with Crippen LogP contribution in [0.2, 0.25) is 0 Å². The summed E-state index contributed by atoms with van der Waals surface area (Å²) in [5.41, 5.74) is 6.37. The molecule has 0 amide bonds. The molecule has 15 heavy (non-hydrogen) atoms. The zero-order chi connectivity index (χ0) is 11.4. The number of aliphatic hydroxyl groups is 1. The number of rotatable bonds is 4. The molecule has 0 spiro atoms. The number of hydrogen-bond donors (Lipinski definition) is 2. The summed E-state index contributed by atoms with van der Waals surface area (Å²) < 4.78 is 13.0. The molecule has 1 aromatic carbocycles. The molecule has 0 saturated heterocycles. The van der Waals surface area contributed by atoms with E-state index in [4.69, 9.17) is 5.73 Å². The third kappa shape index (κ3) is 3.01.